The van der Waals surface area contributed by atoms with Crippen molar-refractivity contribution in [3.63, 3.8) is 0 Å². The molecule has 2 aliphatic rings. The molecule has 9 heteroatoms. The lowest BCUT2D eigenvalue weighted by atomic mass is 9.92. The van der Waals surface area contributed by atoms with Crippen LogP contribution in [0.1, 0.15) is 24.8 Å². The monoisotopic (exact) mass is 340 g/mol. The fourth-order valence-corrected chi connectivity index (χ4v) is 2.83. The summed E-state index contributed by atoms with van der Waals surface area (Å²) in [4.78, 5) is 10.9. The summed E-state index contributed by atoms with van der Waals surface area (Å²) in [5, 5.41) is 8.89. The van der Waals surface area contributed by atoms with Gasteiger partial charge in [-0.3, -0.25) is 4.79 Å². The minimum absolute atomic E-state index is 0.0258. The average molecular weight is 341 g/mol. The van der Waals surface area contributed by atoms with E-state index in [9.17, 15) is 22.4 Å². The molecule has 0 aromatic heterocycles. The quantitative estimate of drug-likeness (QED) is 0.850. The van der Waals surface area contributed by atoms with Crippen molar-refractivity contribution in [1.29, 1.82) is 0 Å². The summed E-state index contributed by atoms with van der Waals surface area (Å²) in [6, 6.07) is 1.99. The minimum Gasteiger partial charge on any atom is -0.481 e. The maximum Gasteiger partial charge on any atom is 0.507 e. The SMILES string of the molecule is O=C(O)CC1(c2cc3c(cc2Cl)OC(F)(F)C(F)(F)O3)CC1. The van der Waals surface area contributed by atoms with Crippen LogP contribution in [0.4, 0.5) is 17.6 Å². The van der Waals surface area contributed by atoms with Crippen LogP contribution >= 0.6 is 11.6 Å². The van der Waals surface area contributed by atoms with E-state index in [1.54, 1.807) is 0 Å². The molecule has 0 spiro atoms. The minimum atomic E-state index is -4.82. The highest BCUT2D eigenvalue weighted by Gasteiger charge is 2.66. The van der Waals surface area contributed by atoms with Gasteiger partial charge in [-0.05, 0) is 24.5 Å². The molecule has 120 valence electrons. The van der Waals surface area contributed by atoms with E-state index in [4.69, 9.17) is 16.7 Å². The van der Waals surface area contributed by atoms with E-state index in [0.717, 1.165) is 12.1 Å². The molecule has 0 radical (unpaired) electrons. The second kappa shape index (κ2) is 4.41. The Morgan fingerprint density at radius 3 is 2.09 bits per heavy atom. The van der Waals surface area contributed by atoms with E-state index in [1.165, 1.54) is 0 Å². The molecule has 1 saturated carbocycles. The van der Waals surface area contributed by atoms with Crippen LogP contribution in [0.3, 0.4) is 0 Å². The van der Waals surface area contributed by atoms with Gasteiger partial charge in [0, 0.05) is 16.5 Å². The van der Waals surface area contributed by atoms with Gasteiger partial charge < -0.3 is 14.6 Å². The molecule has 0 atom stereocenters. The Bertz CT molecular complexity index is 658. The van der Waals surface area contributed by atoms with Gasteiger partial charge in [0.05, 0.1) is 6.42 Å². The van der Waals surface area contributed by atoms with Gasteiger partial charge in [0.15, 0.2) is 11.5 Å². The normalized spacial score (nSPS) is 23.0. The molecular weight excluding hydrogens is 332 g/mol. The molecule has 1 N–H and O–H groups in total. The van der Waals surface area contributed by atoms with Gasteiger partial charge in [0.2, 0.25) is 0 Å². The largest absolute Gasteiger partial charge is 0.507 e. The molecule has 1 aliphatic heterocycles. The highest BCUT2D eigenvalue weighted by Crippen LogP contribution is 2.56. The smallest absolute Gasteiger partial charge is 0.481 e. The Morgan fingerprint density at radius 1 is 1.14 bits per heavy atom. The fraction of sp³-hybridized carbons (Fsp3) is 0.462. The fourth-order valence-electron chi connectivity index (χ4n) is 2.48. The summed E-state index contributed by atoms with van der Waals surface area (Å²) >= 11 is 5.97. The number of rotatable bonds is 3. The summed E-state index contributed by atoms with van der Waals surface area (Å²) in [7, 11) is 0. The van der Waals surface area contributed by atoms with E-state index < -0.39 is 35.1 Å². The van der Waals surface area contributed by atoms with Crippen molar-refractivity contribution in [3.8, 4) is 11.5 Å². The lowest BCUT2D eigenvalue weighted by molar-refractivity contribution is -0.391. The number of hydrogen-bond donors (Lipinski definition) is 1. The van der Waals surface area contributed by atoms with Gasteiger partial charge in [-0.15, -0.1) is 0 Å². The van der Waals surface area contributed by atoms with E-state index in [2.05, 4.69) is 9.47 Å². The number of halogens is 5. The molecule has 0 bridgehead atoms. The number of carboxylic acid groups (broad SMARTS) is 1. The van der Waals surface area contributed by atoms with Crippen LogP contribution in [0.15, 0.2) is 12.1 Å². The first-order chi connectivity index (χ1) is 10.1. The lowest BCUT2D eigenvalue weighted by Crippen LogP contribution is -2.52. The van der Waals surface area contributed by atoms with Crippen molar-refractivity contribution < 1.29 is 36.9 Å². The Hall–Kier alpha value is -1.70. The molecule has 1 aliphatic carbocycles. The van der Waals surface area contributed by atoms with E-state index in [1.807, 2.05) is 0 Å². The Balaban J connectivity index is 2.03. The highest BCUT2D eigenvalue weighted by molar-refractivity contribution is 6.31. The zero-order chi connectivity index (χ0) is 16.3. The van der Waals surface area contributed by atoms with E-state index in [0.29, 0.717) is 12.8 Å². The van der Waals surface area contributed by atoms with Gasteiger partial charge in [-0.25, -0.2) is 0 Å². The molecule has 1 fully saturated rings. The van der Waals surface area contributed by atoms with Crippen molar-refractivity contribution in [1.82, 2.24) is 0 Å². The van der Waals surface area contributed by atoms with Crippen LogP contribution in [0.25, 0.3) is 0 Å². The van der Waals surface area contributed by atoms with E-state index >= 15 is 0 Å². The van der Waals surface area contributed by atoms with Crippen molar-refractivity contribution in [2.24, 2.45) is 0 Å². The molecule has 1 heterocycles. The predicted molar refractivity (Wildman–Crippen MR) is 65.8 cm³/mol. The third-order valence-electron chi connectivity index (χ3n) is 3.76. The standard InChI is InChI=1S/C13H9ClF4O4/c14-7-4-9-8(21-12(15,16)13(17,18)22-9)3-6(7)11(1-2-11)5-10(19)20/h3-4H,1-2,5H2,(H,19,20). The van der Waals surface area contributed by atoms with Crippen LogP contribution < -0.4 is 9.47 Å². The first kappa shape index (κ1) is 15.2. The number of alkyl halides is 4. The number of carbonyl (C=O) groups is 1. The van der Waals surface area contributed by atoms with Crippen molar-refractivity contribution in [2.75, 3.05) is 0 Å². The van der Waals surface area contributed by atoms with Crippen molar-refractivity contribution in [3.05, 3.63) is 22.7 Å². The summed E-state index contributed by atoms with van der Waals surface area (Å²) in [5.41, 5.74) is -0.503. The molecule has 0 unspecified atom stereocenters. The van der Waals surface area contributed by atoms with Crippen LogP contribution in [-0.4, -0.2) is 23.3 Å². The summed E-state index contributed by atoms with van der Waals surface area (Å²) in [5.74, 6) is -2.27. The number of hydrogen-bond acceptors (Lipinski definition) is 3. The van der Waals surface area contributed by atoms with Crippen molar-refractivity contribution in [2.45, 2.75) is 36.9 Å². The molecule has 1 aromatic carbocycles. The van der Waals surface area contributed by atoms with Crippen LogP contribution in [0, 0.1) is 0 Å². The number of carboxylic acids is 1. The third-order valence-corrected chi connectivity index (χ3v) is 4.08. The van der Waals surface area contributed by atoms with Gasteiger partial charge in [0.25, 0.3) is 0 Å². The maximum atomic E-state index is 13.2. The first-order valence-electron chi connectivity index (χ1n) is 6.26. The Labute approximate surface area is 126 Å². The first-order valence-corrected chi connectivity index (χ1v) is 6.64. The molecule has 1 aromatic rings. The summed E-state index contributed by atoms with van der Waals surface area (Å²) < 4.78 is 60.6. The number of aliphatic carboxylic acids is 1. The lowest BCUT2D eigenvalue weighted by Gasteiger charge is -2.32. The maximum absolute atomic E-state index is 13.2. The van der Waals surface area contributed by atoms with Gasteiger partial charge in [-0.1, -0.05) is 11.6 Å². The summed E-state index contributed by atoms with van der Waals surface area (Å²) in [6.45, 7) is 0. The summed E-state index contributed by atoms with van der Waals surface area (Å²) in [6.07, 6.45) is -8.87. The zero-order valence-corrected chi connectivity index (χ0v) is 11.6. The topological polar surface area (TPSA) is 55.8 Å². The van der Waals surface area contributed by atoms with Gasteiger partial charge >= 0.3 is 18.2 Å². The molecule has 4 nitrogen and oxygen atoms in total. The predicted octanol–water partition coefficient (Wildman–Crippen LogP) is 3.80. The van der Waals surface area contributed by atoms with Gasteiger partial charge in [-0.2, -0.15) is 17.6 Å². The molecule has 3 rings (SSSR count). The second-order valence-electron chi connectivity index (χ2n) is 5.37. The highest BCUT2D eigenvalue weighted by atomic mass is 35.5. The Kier molecular flexibility index (Phi) is 3.05. The van der Waals surface area contributed by atoms with Gasteiger partial charge in [0.1, 0.15) is 0 Å². The molecule has 22 heavy (non-hydrogen) atoms. The van der Waals surface area contributed by atoms with E-state index in [-0.39, 0.29) is 17.0 Å². The molecule has 0 saturated heterocycles. The average Bonchev–Trinajstić information content (AvgIpc) is 3.09. The van der Waals surface area contributed by atoms with Crippen LogP contribution in [-0.2, 0) is 10.2 Å². The van der Waals surface area contributed by atoms with Crippen LogP contribution in [0.2, 0.25) is 5.02 Å². The molecule has 0 amide bonds. The zero-order valence-electron chi connectivity index (χ0n) is 10.8. The number of benzene rings is 1. The van der Waals surface area contributed by atoms with Crippen molar-refractivity contribution >= 4 is 17.6 Å². The van der Waals surface area contributed by atoms with Crippen LogP contribution in [0.5, 0.6) is 11.5 Å². The molecular formula is C13H9ClF4O4. The number of fused-ring (bicyclic) bond motifs is 1. The third kappa shape index (κ3) is 2.25. The number of ether oxygens (including phenoxy) is 2. The Morgan fingerprint density at radius 2 is 1.64 bits per heavy atom. The second-order valence-corrected chi connectivity index (χ2v) is 5.77.